The Morgan fingerprint density at radius 1 is 0.489 bits per heavy atom. The Morgan fingerprint density at radius 2 is 0.935 bits per heavy atom. The second-order valence-electron chi connectivity index (χ2n) is 28.8. The van der Waals surface area contributed by atoms with Gasteiger partial charge in [-0.15, -0.1) is 0 Å². The molecule has 0 radical (unpaired) electrons. The fourth-order valence-corrected chi connectivity index (χ4v) is 11.7. The van der Waals surface area contributed by atoms with Gasteiger partial charge in [-0.25, -0.2) is 0 Å². The normalized spacial score (nSPS) is 26.7. The molecule has 1 aliphatic heterocycles. The molecule has 5 N–H and O–H groups in total. The van der Waals surface area contributed by atoms with Crippen LogP contribution in [0.5, 0.6) is 0 Å². The molecule has 1 fully saturated rings. The van der Waals surface area contributed by atoms with Gasteiger partial charge in [-0.2, -0.15) is 0 Å². The van der Waals surface area contributed by atoms with Crippen molar-refractivity contribution in [1.82, 2.24) is 60.5 Å². The van der Waals surface area contributed by atoms with Crippen molar-refractivity contribution in [3.8, 4) is 0 Å². The first-order valence-electron chi connectivity index (χ1n) is 33.4. The van der Waals surface area contributed by atoms with Gasteiger partial charge >= 0.3 is 0 Å². The van der Waals surface area contributed by atoms with Gasteiger partial charge in [0.25, 0.3) is 0 Å². The molecule has 25 heteroatoms. The highest BCUT2D eigenvalue weighted by Gasteiger charge is 2.46. The van der Waals surface area contributed by atoms with Gasteiger partial charge in [-0.05, 0) is 116 Å². The van der Waals surface area contributed by atoms with Crippen LogP contribution in [-0.2, 0) is 57.5 Å². The Labute approximate surface area is 552 Å². The highest BCUT2D eigenvalue weighted by atomic mass is 16.5. The lowest BCUT2D eigenvalue weighted by molar-refractivity contribution is -0.157. The highest BCUT2D eigenvalue weighted by Crippen LogP contribution is 2.27. The fraction of sp³-hybridized carbons (Fsp3) is 0.836. The molecule has 1 saturated heterocycles. The second-order valence-corrected chi connectivity index (χ2v) is 28.8. The molecule has 0 aliphatic carbocycles. The molecule has 13 atom stereocenters. The smallest absolute Gasteiger partial charge is 0.246 e. The number of hydrogen-bond acceptors (Lipinski definition) is 14. The van der Waals surface area contributed by atoms with E-state index in [0.29, 0.717) is 19.4 Å². The van der Waals surface area contributed by atoms with Crippen LogP contribution in [0.4, 0.5) is 0 Å². The van der Waals surface area contributed by atoms with Crippen LogP contribution < -0.4 is 21.3 Å². The molecule has 0 unspecified atom stereocenters. The lowest BCUT2D eigenvalue weighted by Crippen LogP contribution is -2.64. The molecule has 0 bridgehead atoms. The highest BCUT2D eigenvalue weighted by molar-refractivity contribution is 6.00. The largest absolute Gasteiger partial charge is 0.390 e. The van der Waals surface area contributed by atoms with E-state index in [9.17, 15) is 33.9 Å². The quantitative estimate of drug-likeness (QED) is 0.117. The summed E-state index contributed by atoms with van der Waals surface area (Å²) in [6.45, 7) is 32.2. The summed E-state index contributed by atoms with van der Waals surface area (Å²) in [5, 5.41) is 23.3. The molecule has 1 aliphatic rings. The van der Waals surface area contributed by atoms with Crippen LogP contribution in [0.15, 0.2) is 0 Å². The van der Waals surface area contributed by atoms with Crippen molar-refractivity contribution >= 4 is 65.0 Å². The van der Waals surface area contributed by atoms with Crippen LogP contribution in [-0.4, -0.2) is 264 Å². The van der Waals surface area contributed by atoms with Crippen molar-refractivity contribution in [1.29, 1.82) is 0 Å². The number of rotatable bonds is 20. The Morgan fingerprint density at radius 3 is 1.40 bits per heavy atom. The van der Waals surface area contributed by atoms with E-state index in [-0.39, 0.29) is 56.5 Å². The maximum Gasteiger partial charge on any atom is 0.246 e. The van der Waals surface area contributed by atoms with Gasteiger partial charge in [0.1, 0.15) is 66.5 Å². The Kier molecular flexibility index (Phi) is 34.6. The topological polar surface area (TPSA) is 291 Å². The van der Waals surface area contributed by atoms with E-state index < -0.39 is 161 Å². The van der Waals surface area contributed by atoms with Gasteiger partial charge in [0.05, 0.1) is 18.3 Å². The fourth-order valence-electron chi connectivity index (χ4n) is 11.7. The van der Waals surface area contributed by atoms with Gasteiger partial charge in [0.2, 0.25) is 65.0 Å². The number of nitrogens with one attached hydrogen (secondary N) is 4. The molecule has 1 heterocycles. The van der Waals surface area contributed by atoms with Gasteiger partial charge in [-0.1, -0.05) is 103 Å². The lowest BCUT2D eigenvalue weighted by Gasteiger charge is -2.41. The number of unbranched alkanes of at least 4 members (excludes halogenated alkanes) is 1. The Balaban J connectivity index is 4.47. The molecule has 1 rings (SSSR count). The zero-order chi connectivity index (χ0) is 71.5. The van der Waals surface area contributed by atoms with Crippen LogP contribution in [0.3, 0.4) is 0 Å². The summed E-state index contributed by atoms with van der Waals surface area (Å²) in [5.41, 5.74) is -1.05. The summed E-state index contributed by atoms with van der Waals surface area (Å²) in [6, 6.07) is -14.0. The maximum atomic E-state index is 15.3. The van der Waals surface area contributed by atoms with Crippen molar-refractivity contribution in [2.24, 2.45) is 35.5 Å². The van der Waals surface area contributed by atoms with Gasteiger partial charge < -0.3 is 70.3 Å². The molecule has 25 nitrogen and oxygen atoms in total. The predicted molar refractivity (Wildman–Crippen MR) is 357 cm³/mol. The first kappa shape index (κ1) is 84.1. The average Bonchev–Trinajstić information content (AvgIpc) is 0.814. The minimum Gasteiger partial charge on any atom is -0.390 e. The minimum absolute atomic E-state index is 0.00413. The third-order valence-corrected chi connectivity index (χ3v) is 17.9. The number of carbonyl (C=O) groups excluding carboxylic acids is 11. The Bertz CT molecular complexity index is 2470. The monoisotopic (exact) mass is 1300 g/mol. The summed E-state index contributed by atoms with van der Waals surface area (Å²) >= 11 is 0. The third-order valence-electron chi connectivity index (χ3n) is 17.9. The number of likely N-dealkylation sites (N-methyl/N-ethyl adjacent to an activating group) is 8. The zero-order valence-corrected chi connectivity index (χ0v) is 61.4. The summed E-state index contributed by atoms with van der Waals surface area (Å²) in [5.74, 6) is -9.77. The van der Waals surface area contributed by atoms with E-state index in [1.54, 1.807) is 55.4 Å². The Hall–Kier alpha value is -5.95. The van der Waals surface area contributed by atoms with Crippen molar-refractivity contribution in [3.05, 3.63) is 0 Å². The van der Waals surface area contributed by atoms with Crippen molar-refractivity contribution in [2.75, 3.05) is 76.6 Å². The van der Waals surface area contributed by atoms with Crippen LogP contribution in [0.1, 0.15) is 176 Å². The summed E-state index contributed by atoms with van der Waals surface area (Å²) in [4.78, 5) is 173. The van der Waals surface area contributed by atoms with Gasteiger partial charge in [0.15, 0.2) is 0 Å². The number of aliphatic hydroxyl groups is 1. The second kappa shape index (κ2) is 37.8. The van der Waals surface area contributed by atoms with Crippen molar-refractivity contribution in [2.45, 2.75) is 254 Å². The molecule has 92 heavy (non-hydrogen) atoms. The summed E-state index contributed by atoms with van der Waals surface area (Å²) < 4.78 is 6.30. The van der Waals surface area contributed by atoms with E-state index in [1.807, 2.05) is 67.5 Å². The summed E-state index contributed by atoms with van der Waals surface area (Å²) in [7, 11) is 13.7. The van der Waals surface area contributed by atoms with Crippen LogP contribution in [0, 0.1) is 35.5 Å². The maximum absolute atomic E-state index is 15.3. The molecule has 0 saturated carbocycles. The number of hydrogen-bond donors (Lipinski definition) is 5. The van der Waals surface area contributed by atoms with Crippen molar-refractivity contribution < 1.29 is 62.6 Å². The summed E-state index contributed by atoms with van der Waals surface area (Å²) in [6.07, 6.45) is 0.820. The number of aliphatic hydroxyl groups excluding tert-OH is 1. The molecule has 0 aromatic heterocycles. The third kappa shape index (κ3) is 23.8. The predicted octanol–water partition coefficient (Wildman–Crippen LogP) is 3.58. The van der Waals surface area contributed by atoms with E-state index in [2.05, 4.69) is 21.3 Å². The van der Waals surface area contributed by atoms with Crippen LogP contribution >= 0.6 is 0 Å². The molecular weight excluding hydrogens is 1180 g/mol. The number of amides is 11. The molecule has 0 spiro atoms. The SMILES string of the molecule is CCCC[C@@H](C)[C@@H](O)[C@H]1C(=O)N[C@@H](CC)C(=O)N(C)[C@H](C)C(=O)N(C)[C@@H](CC(C)(C)OCCN(C)C)C(=O)N[C@@H](C(C)C)C(=O)N(C)[C@@H](CC(C)C)C(=O)N[C@@H](C)C(=O)N[C@H](C)C(=O)N(C)[C@@H](CC(C)C)C(=O)N(C)[C@@H](CC(C)C)C(=O)N(C)[C@@H](C(C)C)C(=O)N1C. The molecule has 11 amide bonds. The van der Waals surface area contributed by atoms with E-state index in [1.165, 1.54) is 94.6 Å². The first-order valence-corrected chi connectivity index (χ1v) is 33.4. The van der Waals surface area contributed by atoms with E-state index >= 15 is 24.0 Å². The van der Waals surface area contributed by atoms with E-state index in [0.717, 1.165) is 16.2 Å². The standard InChI is InChI=1S/C67H124N12O13/c1-28-30-31-43(13)55(80)54-59(84)70-47(29-2)62(87)73(21)46(16)61(86)77(25)51(37-67(17,18)92-33-32-72(19)20)58(83)71-52(41(9)10)65(90)74(22)48(34-38(3)4)57(82)68-44(14)56(81)69-45(15)60(85)75(23)49(35-39(5)6)63(88)76(24)50(36-40(7)8)64(89)78(26)53(42(11)12)66(91)79(54)27/h38-55,80H,28-37H2,1-27H3,(H,68,82)(H,69,81)(H,70,84)(H,71,83)/t43-,44+,45-,46-,47+,48+,49+,50+,51+,52+,53+,54+,55-/m1/s1. The van der Waals surface area contributed by atoms with Gasteiger partial charge in [0, 0.05) is 62.3 Å². The van der Waals surface area contributed by atoms with Crippen LogP contribution in [0.2, 0.25) is 0 Å². The average molecular weight is 1310 g/mol. The number of nitrogens with zero attached hydrogens (tertiary/aromatic N) is 8. The van der Waals surface area contributed by atoms with Crippen molar-refractivity contribution in [3.63, 3.8) is 0 Å². The first-order chi connectivity index (χ1) is 42.3. The number of carbonyl (C=O) groups is 11. The van der Waals surface area contributed by atoms with Gasteiger partial charge in [-0.3, -0.25) is 52.7 Å². The molecular formula is C67H124N12O13. The molecule has 0 aromatic carbocycles. The zero-order valence-electron chi connectivity index (χ0n) is 61.4. The molecule has 0 aromatic rings. The lowest BCUT2D eigenvalue weighted by atomic mass is 9.90. The molecule has 530 valence electrons. The van der Waals surface area contributed by atoms with Crippen LogP contribution in [0.25, 0.3) is 0 Å². The van der Waals surface area contributed by atoms with E-state index in [4.69, 9.17) is 4.74 Å². The minimum atomic E-state index is -1.60. The number of ether oxygens (including phenoxy) is 1.